The number of hydrogen-bond acceptors (Lipinski definition) is 3. The van der Waals surface area contributed by atoms with Gasteiger partial charge in [0.25, 0.3) is 0 Å². The molecule has 0 spiro atoms. The van der Waals surface area contributed by atoms with Gasteiger partial charge in [-0.15, -0.1) is 0 Å². The maximum atomic E-state index is 12.4. The minimum atomic E-state index is -0.0180. The Morgan fingerprint density at radius 2 is 1.91 bits per heavy atom. The van der Waals surface area contributed by atoms with Crippen molar-refractivity contribution in [1.29, 1.82) is 0 Å². The molecule has 0 saturated carbocycles. The number of imide groups is 1. The van der Waals surface area contributed by atoms with E-state index in [-0.39, 0.29) is 11.8 Å². The van der Waals surface area contributed by atoms with E-state index < -0.39 is 0 Å². The second-order valence-corrected chi connectivity index (χ2v) is 6.55. The van der Waals surface area contributed by atoms with Crippen LogP contribution in [0.4, 0.5) is 0 Å². The summed E-state index contributed by atoms with van der Waals surface area (Å²) in [5.74, 6) is -0.0118. The van der Waals surface area contributed by atoms with Gasteiger partial charge in [-0.25, -0.2) is 0 Å². The third-order valence-corrected chi connectivity index (χ3v) is 4.45. The maximum Gasteiger partial charge on any atom is 0.230 e. The Labute approximate surface area is 139 Å². The van der Waals surface area contributed by atoms with Crippen LogP contribution in [0.2, 0.25) is 0 Å². The van der Waals surface area contributed by atoms with Gasteiger partial charge in [-0.05, 0) is 32.3 Å². The van der Waals surface area contributed by atoms with E-state index in [1.54, 1.807) is 0 Å². The van der Waals surface area contributed by atoms with Crippen LogP contribution in [0.1, 0.15) is 51.5 Å². The molecule has 0 radical (unpaired) electrons. The van der Waals surface area contributed by atoms with E-state index in [1.807, 2.05) is 18.2 Å². The van der Waals surface area contributed by atoms with Crippen LogP contribution in [-0.4, -0.2) is 40.7 Å². The number of nitrogens with zero attached hydrogens (tertiary/aromatic N) is 2. The molecular weight excluding hydrogens is 288 g/mol. The number of rotatable bonds is 6. The molecule has 4 nitrogen and oxygen atoms in total. The smallest absolute Gasteiger partial charge is 0.230 e. The van der Waals surface area contributed by atoms with Crippen molar-refractivity contribution < 1.29 is 9.59 Å². The average Bonchev–Trinajstić information content (AvgIpc) is 2.76. The van der Waals surface area contributed by atoms with Gasteiger partial charge in [-0.2, -0.15) is 0 Å². The summed E-state index contributed by atoms with van der Waals surface area (Å²) in [6.07, 6.45) is 3.83. The molecule has 1 heterocycles. The summed E-state index contributed by atoms with van der Waals surface area (Å²) < 4.78 is 0. The van der Waals surface area contributed by atoms with Crippen molar-refractivity contribution in [3.05, 3.63) is 35.9 Å². The lowest BCUT2D eigenvalue weighted by molar-refractivity contribution is -0.144. The minimum Gasteiger partial charge on any atom is -0.296 e. The lowest BCUT2D eigenvalue weighted by Crippen LogP contribution is -2.39. The Morgan fingerprint density at radius 1 is 1.17 bits per heavy atom. The molecule has 1 saturated heterocycles. The first-order valence-corrected chi connectivity index (χ1v) is 8.69. The molecule has 1 aliphatic rings. The van der Waals surface area contributed by atoms with Crippen LogP contribution in [0.5, 0.6) is 0 Å². The number of carbonyl (C=O) groups is 2. The zero-order valence-electron chi connectivity index (χ0n) is 14.3. The second-order valence-electron chi connectivity index (χ2n) is 6.55. The molecule has 0 unspecified atom stereocenters. The number of likely N-dealkylation sites (tertiary alicyclic amines) is 1. The largest absolute Gasteiger partial charge is 0.296 e. The highest BCUT2D eigenvalue weighted by molar-refractivity contribution is 5.95. The Bertz CT molecular complexity index is 513. The van der Waals surface area contributed by atoms with Crippen LogP contribution < -0.4 is 0 Å². The van der Waals surface area contributed by atoms with Crippen molar-refractivity contribution in [2.45, 2.75) is 58.5 Å². The van der Waals surface area contributed by atoms with Crippen LogP contribution in [0.25, 0.3) is 0 Å². The number of carbonyl (C=O) groups excluding carboxylic acids is 2. The summed E-state index contributed by atoms with van der Waals surface area (Å²) in [5, 5.41) is 0. The third kappa shape index (κ3) is 5.47. The second kappa shape index (κ2) is 8.82. The van der Waals surface area contributed by atoms with E-state index in [4.69, 9.17) is 0 Å². The van der Waals surface area contributed by atoms with Crippen molar-refractivity contribution in [1.82, 2.24) is 9.80 Å². The van der Waals surface area contributed by atoms with Crippen molar-refractivity contribution in [2.24, 2.45) is 0 Å². The molecule has 1 aromatic rings. The van der Waals surface area contributed by atoms with Gasteiger partial charge in [-0.1, -0.05) is 36.8 Å². The monoisotopic (exact) mass is 316 g/mol. The van der Waals surface area contributed by atoms with Gasteiger partial charge in [0.2, 0.25) is 11.8 Å². The number of amides is 2. The molecule has 0 aromatic heterocycles. The van der Waals surface area contributed by atoms with Crippen molar-refractivity contribution in [2.75, 3.05) is 13.1 Å². The summed E-state index contributed by atoms with van der Waals surface area (Å²) in [6, 6.07) is 10.7. The molecule has 1 aliphatic heterocycles. The Hall–Kier alpha value is -1.68. The zero-order valence-corrected chi connectivity index (χ0v) is 14.3. The lowest BCUT2D eigenvalue weighted by atomic mass is 10.1. The molecule has 2 amide bonds. The Kier molecular flexibility index (Phi) is 6.78. The van der Waals surface area contributed by atoms with E-state index in [1.165, 1.54) is 10.5 Å². The summed E-state index contributed by atoms with van der Waals surface area (Å²) in [5.41, 5.74) is 1.25. The molecule has 1 fully saturated rings. The highest BCUT2D eigenvalue weighted by atomic mass is 16.2. The molecule has 23 heavy (non-hydrogen) atoms. The van der Waals surface area contributed by atoms with Crippen LogP contribution in [0, 0.1) is 0 Å². The summed E-state index contributed by atoms with van der Waals surface area (Å²) in [4.78, 5) is 28.2. The first-order valence-electron chi connectivity index (χ1n) is 8.69. The zero-order chi connectivity index (χ0) is 16.7. The maximum absolute atomic E-state index is 12.4. The highest BCUT2D eigenvalue weighted by Crippen LogP contribution is 2.14. The van der Waals surface area contributed by atoms with Gasteiger partial charge < -0.3 is 0 Å². The normalized spacial score (nSPS) is 16.0. The molecule has 2 rings (SSSR count). The van der Waals surface area contributed by atoms with Crippen LogP contribution in [-0.2, 0) is 16.1 Å². The van der Waals surface area contributed by atoms with Crippen LogP contribution in [0.3, 0.4) is 0 Å². The fourth-order valence-electron chi connectivity index (χ4n) is 2.96. The van der Waals surface area contributed by atoms with Crippen LogP contribution >= 0.6 is 0 Å². The fourth-order valence-corrected chi connectivity index (χ4v) is 2.96. The summed E-state index contributed by atoms with van der Waals surface area (Å²) >= 11 is 0. The van der Waals surface area contributed by atoms with Crippen molar-refractivity contribution in [3.63, 3.8) is 0 Å². The Balaban J connectivity index is 1.90. The third-order valence-electron chi connectivity index (χ3n) is 4.45. The molecule has 0 N–H and O–H groups in total. The number of benzene rings is 1. The first kappa shape index (κ1) is 17.7. The van der Waals surface area contributed by atoms with E-state index in [9.17, 15) is 9.59 Å². The molecule has 1 aromatic carbocycles. The minimum absolute atomic E-state index is 0.00616. The lowest BCUT2D eigenvalue weighted by Gasteiger charge is -2.27. The predicted molar refractivity (Wildman–Crippen MR) is 91.8 cm³/mol. The van der Waals surface area contributed by atoms with Gasteiger partial charge in [0.05, 0.1) is 0 Å². The molecule has 0 bridgehead atoms. The van der Waals surface area contributed by atoms with Gasteiger partial charge >= 0.3 is 0 Å². The summed E-state index contributed by atoms with van der Waals surface area (Å²) in [6.45, 7) is 6.40. The molecule has 0 atom stereocenters. The fraction of sp³-hybridized carbons (Fsp3) is 0.579. The van der Waals surface area contributed by atoms with Crippen LogP contribution in [0.15, 0.2) is 30.3 Å². The summed E-state index contributed by atoms with van der Waals surface area (Å²) in [7, 11) is 0. The van der Waals surface area contributed by atoms with E-state index in [0.717, 1.165) is 25.8 Å². The number of hydrogen-bond donors (Lipinski definition) is 0. The molecular formula is C19H28N2O2. The van der Waals surface area contributed by atoms with Gasteiger partial charge in [0, 0.05) is 38.5 Å². The van der Waals surface area contributed by atoms with E-state index >= 15 is 0 Å². The topological polar surface area (TPSA) is 40.6 Å². The first-order chi connectivity index (χ1) is 11.1. The average molecular weight is 316 g/mol. The highest BCUT2D eigenvalue weighted by Gasteiger charge is 2.23. The van der Waals surface area contributed by atoms with E-state index in [0.29, 0.717) is 32.0 Å². The van der Waals surface area contributed by atoms with E-state index in [2.05, 4.69) is 30.9 Å². The molecule has 4 heteroatoms. The van der Waals surface area contributed by atoms with Gasteiger partial charge in [0.1, 0.15) is 0 Å². The van der Waals surface area contributed by atoms with Crippen molar-refractivity contribution >= 4 is 11.8 Å². The van der Waals surface area contributed by atoms with Gasteiger partial charge in [0.15, 0.2) is 0 Å². The SMILES string of the molecule is CC(C)N(CCC(=O)N1CCCCCC1=O)Cc1ccccc1. The molecule has 0 aliphatic carbocycles. The standard InChI is InChI=1S/C19H28N2O2/c1-16(2)20(15-17-9-5-3-6-10-17)14-12-19(23)21-13-8-4-7-11-18(21)22/h3,5-6,9-10,16H,4,7-8,11-15H2,1-2H3. The predicted octanol–water partition coefficient (Wildman–Crippen LogP) is 3.22. The Morgan fingerprint density at radius 3 is 2.61 bits per heavy atom. The quantitative estimate of drug-likeness (QED) is 0.809. The van der Waals surface area contributed by atoms with Crippen molar-refractivity contribution in [3.8, 4) is 0 Å². The van der Waals surface area contributed by atoms with Gasteiger partial charge in [-0.3, -0.25) is 19.4 Å². The molecule has 126 valence electrons.